The van der Waals surface area contributed by atoms with Crippen LogP contribution in [0, 0.1) is 23.7 Å². The topological polar surface area (TPSA) is 64.3 Å². The van der Waals surface area contributed by atoms with Gasteiger partial charge in [0.2, 0.25) is 0 Å². The van der Waals surface area contributed by atoms with Crippen molar-refractivity contribution in [1.29, 1.82) is 5.26 Å². The zero-order valence-corrected chi connectivity index (χ0v) is 12.0. The molecule has 0 atom stereocenters. The molecule has 0 spiro atoms. The summed E-state index contributed by atoms with van der Waals surface area (Å²) in [7, 11) is 0. The Labute approximate surface area is 119 Å². The first-order chi connectivity index (χ1) is 9.44. The van der Waals surface area contributed by atoms with Gasteiger partial charge < -0.3 is 5.11 Å². The maximum atomic E-state index is 11.2. The zero-order chi connectivity index (χ0) is 14.8. The molecule has 1 aliphatic heterocycles. The predicted octanol–water partition coefficient (Wildman–Crippen LogP) is 2.55. The normalized spacial score (nSPS) is 18.4. The highest BCUT2D eigenvalue weighted by Gasteiger charge is 2.36. The number of nitriles is 1. The van der Waals surface area contributed by atoms with Crippen molar-refractivity contribution in [2.75, 3.05) is 13.1 Å². The predicted molar refractivity (Wildman–Crippen MR) is 76.1 cm³/mol. The largest absolute Gasteiger partial charge is 0.481 e. The summed E-state index contributed by atoms with van der Waals surface area (Å²) >= 11 is 0. The van der Waals surface area contributed by atoms with E-state index in [1.54, 1.807) is 0 Å². The lowest BCUT2D eigenvalue weighted by Gasteiger charge is -2.36. The summed E-state index contributed by atoms with van der Waals surface area (Å²) in [4.78, 5) is 13.5. The molecule has 4 heteroatoms. The van der Waals surface area contributed by atoms with Gasteiger partial charge in [-0.05, 0) is 63.0 Å². The minimum Gasteiger partial charge on any atom is -0.481 e. The molecule has 1 N–H and O–H groups in total. The number of aryl methyl sites for hydroxylation is 1. The molecule has 1 fully saturated rings. The summed E-state index contributed by atoms with van der Waals surface area (Å²) in [5.41, 5.74) is 2.44. The van der Waals surface area contributed by atoms with Crippen molar-refractivity contribution in [2.45, 2.75) is 33.2 Å². The van der Waals surface area contributed by atoms with Crippen LogP contribution >= 0.6 is 0 Å². The van der Waals surface area contributed by atoms with Crippen molar-refractivity contribution < 1.29 is 9.90 Å². The van der Waals surface area contributed by atoms with Crippen molar-refractivity contribution in [3.63, 3.8) is 0 Å². The van der Waals surface area contributed by atoms with E-state index in [2.05, 4.69) is 11.0 Å². The number of hydrogen-bond acceptors (Lipinski definition) is 3. The first-order valence-electron chi connectivity index (χ1n) is 6.90. The molecule has 20 heavy (non-hydrogen) atoms. The van der Waals surface area contributed by atoms with Crippen LogP contribution in [-0.4, -0.2) is 29.1 Å². The molecule has 1 aliphatic rings. The first-order valence-corrected chi connectivity index (χ1v) is 6.90. The Morgan fingerprint density at radius 3 is 2.60 bits per heavy atom. The Morgan fingerprint density at radius 2 is 2.10 bits per heavy atom. The van der Waals surface area contributed by atoms with Crippen LogP contribution in [0.4, 0.5) is 0 Å². The maximum absolute atomic E-state index is 11.2. The van der Waals surface area contributed by atoms with Crippen molar-refractivity contribution >= 4 is 5.97 Å². The van der Waals surface area contributed by atoms with Crippen LogP contribution in [-0.2, 0) is 11.3 Å². The average molecular weight is 272 g/mol. The van der Waals surface area contributed by atoms with E-state index in [-0.39, 0.29) is 0 Å². The van der Waals surface area contributed by atoms with Crippen LogP contribution in [0.2, 0.25) is 0 Å². The SMILES string of the molecule is Cc1cc(C#N)ccc1CN1CCC(C)(C(=O)O)CC1. The van der Waals surface area contributed by atoms with E-state index in [0.29, 0.717) is 18.4 Å². The molecule has 0 radical (unpaired) electrons. The number of piperidine rings is 1. The Bertz CT molecular complexity index is 552. The number of benzene rings is 1. The maximum Gasteiger partial charge on any atom is 0.309 e. The lowest BCUT2D eigenvalue weighted by Crippen LogP contribution is -2.42. The Morgan fingerprint density at radius 1 is 1.45 bits per heavy atom. The summed E-state index contributed by atoms with van der Waals surface area (Å²) in [6, 6.07) is 7.89. The third-order valence-electron chi connectivity index (χ3n) is 4.34. The van der Waals surface area contributed by atoms with Crippen LogP contribution in [0.15, 0.2) is 18.2 Å². The van der Waals surface area contributed by atoms with Gasteiger partial charge in [0.05, 0.1) is 17.0 Å². The standard InChI is InChI=1S/C16H20N2O2/c1-12-9-13(10-17)3-4-14(12)11-18-7-5-16(2,6-8-18)15(19)20/h3-4,9H,5-8,11H2,1-2H3,(H,19,20). The Kier molecular flexibility index (Phi) is 4.10. The molecule has 0 aliphatic carbocycles. The second-order valence-electron chi connectivity index (χ2n) is 5.90. The van der Waals surface area contributed by atoms with Gasteiger partial charge >= 0.3 is 5.97 Å². The van der Waals surface area contributed by atoms with Crippen molar-refractivity contribution in [2.24, 2.45) is 5.41 Å². The summed E-state index contributed by atoms with van der Waals surface area (Å²) in [6.45, 7) is 6.29. The van der Waals surface area contributed by atoms with Gasteiger partial charge in [0.1, 0.15) is 0 Å². The van der Waals surface area contributed by atoms with E-state index in [4.69, 9.17) is 5.26 Å². The third kappa shape index (κ3) is 3.00. The van der Waals surface area contributed by atoms with Crippen LogP contribution in [0.25, 0.3) is 0 Å². The van der Waals surface area contributed by atoms with Crippen molar-refractivity contribution in [1.82, 2.24) is 4.90 Å². The molecule has 0 saturated carbocycles. The minimum atomic E-state index is -0.688. The van der Waals surface area contributed by atoms with Gasteiger partial charge in [0.15, 0.2) is 0 Å². The van der Waals surface area contributed by atoms with E-state index in [1.165, 1.54) is 5.56 Å². The van der Waals surface area contributed by atoms with Gasteiger partial charge in [-0.1, -0.05) is 6.07 Å². The second kappa shape index (κ2) is 5.64. The van der Waals surface area contributed by atoms with Gasteiger partial charge in [-0.15, -0.1) is 0 Å². The fraction of sp³-hybridized carbons (Fsp3) is 0.500. The highest BCUT2D eigenvalue weighted by atomic mass is 16.4. The van der Waals surface area contributed by atoms with E-state index < -0.39 is 11.4 Å². The fourth-order valence-electron chi connectivity index (χ4n) is 2.60. The fourth-order valence-corrected chi connectivity index (χ4v) is 2.60. The molecule has 0 bridgehead atoms. The molecule has 1 aromatic carbocycles. The lowest BCUT2D eigenvalue weighted by molar-refractivity contribution is -0.150. The van der Waals surface area contributed by atoms with Gasteiger partial charge in [0.25, 0.3) is 0 Å². The van der Waals surface area contributed by atoms with Crippen molar-refractivity contribution in [3.8, 4) is 6.07 Å². The van der Waals surface area contributed by atoms with Crippen molar-refractivity contribution in [3.05, 3.63) is 34.9 Å². The number of carboxylic acid groups (broad SMARTS) is 1. The lowest BCUT2D eigenvalue weighted by atomic mass is 9.80. The second-order valence-corrected chi connectivity index (χ2v) is 5.90. The van der Waals surface area contributed by atoms with Gasteiger partial charge in [-0.2, -0.15) is 5.26 Å². The average Bonchev–Trinajstić information content (AvgIpc) is 2.43. The number of aliphatic carboxylic acids is 1. The van der Waals surface area contributed by atoms with Crippen LogP contribution in [0.5, 0.6) is 0 Å². The van der Waals surface area contributed by atoms with Gasteiger partial charge in [0, 0.05) is 6.54 Å². The number of carbonyl (C=O) groups is 1. The summed E-state index contributed by atoms with van der Waals surface area (Å²) in [5.74, 6) is -0.688. The number of carboxylic acids is 1. The smallest absolute Gasteiger partial charge is 0.309 e. The molecule has 0 aromatic heterocycles. The first kappa shape index (κ1) is 14.5. The molecule has 4 nitrogen and oxygen atoms in total. The molecule has 0 unspecified atom stereocenters. The highest BCUT2D eigenvalue weighted by molar-refractivity contribution is 5.74. The van der Waals surface area contributed by atoms with Crippen LogP contribution in [0.1, 0.15) is 36.5 Å². The Hall–Kier alpha value is -1.86. The van der Waals surface area contributed by atoms with Crippen LogP contribution < -0.4 is 0 Å². The summed E-state index contributed by atoms with van der Waals surface area (Å²) < 4.78 is 0. The van der Waals surface area contributed by atoms with Gasteiger partial charge in [-0.3, -0.25) is 9.69 Å². The number of rotatable bonds is 3. The highest BCUT2D eigenvalue weighted by Crippen LogP contribution is 2.31. The number of nitrogens with zero attached hydrogens (tertiary/aromatic N) is 2. The molecular weight excluding hydrogens is 252 g/mol. The van der Waals surface area contributed by atoms with Gasteiger partial charge in [-0.25, -0.2) is 0 Å². The van der Waals surface area contributed by atoms with Crippen LogP contribution in [0.3, 0.4) is 0 Å². The molecule has 1 aromatic rings. The molecule has 1 saturated heterocycles. The van der Waals surface area contributed by atoms with E-state index in [0.717, 1.165) is 25.2 Å². The molecule has 2 rings (SSSR count). The van der Waals surface area contributed by atoms with E-state index >= 15 is 0 Å². The summed E-state index contributed by atoms with van der Waals surface area (Å²) in [5, 5.41) is 18.1. The molecular formula is C16H20N2O2. The van der Waals surface area contributed by atoms with E-state index in [9.17, 15) is 9.90 Å². The molecule has 1 heterocycles. The number of hydrogen-bond donors (Lipinski definition) is 1. The Balaban J connectivity index is 2.00. The third-order valence-corrected chi connectivity index (χ3v) is 4.34. The van der Waals surface area contributed by atoms with E-state index in [1.807, 2.05) is 32.0 Å². The zero-order valence-electron chi connectivity index (χ0n) is 12.0. The monoisotopic (exact) mass is 272 g/mol. The molecule has 0 amide bonds. The summed E-state index contributed by atoms with van der Waals surface area (Å²) in [6.07, 6.45) is 1.38. The number of likely N-dealkylation sites (tertiary alicyclic amines) is 1. The minimum absolute atomic E-state index is 0.573. The quantitative estimate of drug-likeness (QED) is 0.918. The molecule has 106 valence electrons.